The van der Waals surface area contributed by atoms with Gasteiger partial charge in [0.25, 0.3) is 5.91 Å². The summed E-state index contributed by atoms with van der Waals surface area (Å²) in [6.45, 7) is 0. The molecule has 0 unspecified atom stereocenters. The summed E-state index contributed by atoms with van der Waals surface area (Å²) in [7, 11) is 1.76. The van der Waals surface area contributed by atoms with Gasteiger partial charge in [0.1, 0.15) is 0 Å². The lowest BCUT2D eigenvalue weighted by molar-refractivity contribution is 0.0996. The van der Waals surface area contributed by atoms with Crippen LogP contribution in [0.15, 0.2) is 12.1 Å². The Hall–Kier alpha value is -1.58. The van der Waals surface area contributed by atoms with Crippen molar-refractivity contribution >= 4 is 11.6 Å². The summed E-state index contributed by atoms with van der Waals surface area (Å²) in [6.07, 6.45) is 3.60. The highest BCUT2D eigenvalue weighted by Gasteiger charge is 2.22. The summed E-state index contributed by atoms with van der Waals surface area (Å²) in [5.74, 6) is 0.0505. The number of hydrogen-bond donors (Lipinski definition) is 2. The summed E-state index contributed by atoms with van der Waals surface area (Å²) in [5, 5.41) is 2.92. The first kappa shape index (κ1) is 9.96. The second-order valence-electron chi connectivity index (χ2n) is 3.87. The van der Waals surface area contributed by atoms with Crippen LogP contribution in [0.1, 0.15) is 41.4 Å². The van der Waals surface area contributed by atoms with Crippen LogP contribution in [0.25, 0.3) is 0 Å². The average Bonchev–Trinajstić information content (AvgIpc) is 2.15. The number of carbonyl (C=O) groups is 1. The van der Waals surface area contributed by atoms with Crippen LogP contribution in [0.2, 0.25) is 0 Å². The van der Waals surface area contributed by atoms with Crippen molar-refractivity contribution in [3.05, 3.63) is 23.5 Å². The van der Waals surface area contributed by atoms with Gasteiger partial charge in [0.2, 0.25) is 0 Å². The molecule has 80 valence electrons. The quantitative estimate of drug-likeness (QED) is 0.785. The second kappa shape index (κ2) is 3.88. The molecule has 0 saturated heterocycles. The van der Waals surface area contributed by atoms with E-state index in [1.54, 1.807) is 7.05 Å². The molecule has 0 spiro atoms. The van der Waals surface area contributed by atoms with Crippen molar-refractivity contribution in [3.8, 4) is 0 Å². The predicted molar refractivity (Wildman–Crippen MR) is 58.9 cm³/mol. The number of amides is 1. The van der Waals surface area contributed by atoms with Crippen LogP contribution < -0.4 is 11.1 Å². The second-order valence-corrected chi connectivity index (χ2v) is 3.87. The molecule has 1 amide bonds. The van der Waals surface area contributed by atoms with Gasteiger partial charge < -0.3 is 11.1 Å². The third-order valence-electron chi connectivity index (χ3n) is 2.94. The van der Waals surface area contributed by atoms with E-state index in [4.69, 9.17) is 5.73 Å². The van der Waals surface area contributed by atoms with E-state index in [-0.39, 0.29) is 0 Å². The van der Waals surface area contributed by atoms with Gasteiger partial charge in [-0.3, -0.25) is 4.79 Å². The Bertz CT molecular complexity index is 385. The Balaban J connectivity index is 2.35. The zero-order valence-electron chi connectivity index (χ0n) is 8.79. The van der Waals surface area contributed by atoms with Gasteiger partial charge in [-0.05, 0) is 25.0 Å². The van der Waals surface area contributed by atoms with Crippen LogP contribution in [0.3, 0.4) is 0 Å². The maximum absolute atomic E-state index is 11.2. The SMILES string of the molecule is CNc1ccc(C2CCC2)nc1C(N)=O. The molecule has 0 radical (unpaired) electrons. The van der Waals surface area contributed by atoms with Gasteiger partial charge in [0.15, 0.2) is 5.69 Å². The first-order valence-corrected chi connectivity index (χ1v) is 5.21. The van der Waals surface area contributed by atoms with Crippen LogP contribution in [0.5, 0.6) is 0 Å². The van der Waals surface area contributed by atoms with Gasteiger partial charge >= 0.3 is 0 Å². The highest BCUT2D eigenvalue weighted by Crippen LogP contribution is 2.35. The monoisotopic (exact) mass is 205 g/mol. The molecule has 1 heterocycles. The fourth-order valence-electron chi connectivity index (χ4n) is 1.80. The molecule has 4 heteroatoms. The van der Waals surface area contributed by atoms with E-state index in [0.29, 0.717) is 17.3 Å². The minimum absolute atomic E-state index is 0.349. The molecule has 1 saturated carbocycles. The summed E-state index contributed by atoms with van der Waals surface area (Å²) in [4.78, 5) is 15.5. The minimum atomic E-state index is -0.472. The Kier molecular flexibility index (Phi) is 2.58. The molecule has 15 heavy (non-hydrogen) atoms. The number of anilines is 1. The van der Waals surface area contributed by atoms with Crippen molar-refractivity contribution in [2.75, 3.05) is 12.4 Å². The molecular formula is C11H15N3O. The number of rotatable bonds is 3. The van der Waals surface area contributed by atoms with Gasteiger partial charge in [-0.2, -0.15) is 0 Å². The van der Waals surface area contributed by atoms with E-state index < -0.39 is 5.91 Å². The molecule has 4 nitrogen and oxygen atoms in total. The summed E-state index contributed by atoms with van der Waals surface area (Å²) in [5.41, 5.74) is 7.32. The van der Waals surface area contributed by atoms with Crippen molar-refractivity contribution < 1.29 is 4.79 Å². The van der Waals surface area contributed by atoms with Crippen molar-refractivity contribution in [3.63, 3.8) is 0 Å². The van der Waals surface area contributed by atoms with E-state index in [2.05, 4.69) is 10.3 Å². The van der Waals surface area contributed by atoms with E-state index in [1.165, 1.54) is 19.3 Å². The number of nitrogens with zero attached hydrogens (tertiary/aromatic N) is 1. The van der Waals surface area contributed by atoms with E-state index in [9.17, 15) is 4.79 Å². The molecule has 0 atom stereocenters. The lowest BCUT2D eigenvalue weighted by atomic mass is 9.82. The van der Waals surface area contributed by atoms with Gasteiger partial charge in [0, 0.05) is 18.7 Å². The van der Waals surface area contributed by atoms with Crippen molar-refractivity contribution in [2.45, 2.75) is 25.2 Å². The molecule has 1 aromatic rings. The largest absolute Gasteiger partial charge is 0.386 e. The fraction of sp³-hybridized carbons (Fsp3) is 0.455. The molecule has 1 aliphatic carbocycles. The average molecular weight is 205 g/mol. The van der Waals surface area contributed by atoms with E-state index in [0.717, 1.165) is 5.69 Å². The number of aromatic nitrogens is 1. The smallest absolute Gasteiger partial charge is 0.269 e. The third-order valence-corrected chi connectivity index (χ3v) is 2.94. The summed E-state index contributed by atoms with van der Waals surface area (Å²) < 4.78 is 0. The molecule has 0 aromatic carbocycles. The summed E-state index contributed by atoms with van der Waals surface area (Å²) >= 11 is 0. The lowest BCUT2D eigenvalue weighted by Gasteiger charge is -2.25. The molecule has 1 aliphatic rings. The van der Waals surface area contributed by atoms with Crippen molar-refractivity contribution in [1.29, 1.82) is 0 Å². The number of carbonyl (C=O) groups excluding carboxylic acids is 1. The molecule has 1 aromatic heterocycles. The maximum atomic E-state index is 11.2. The Morgan fingerprint density at radius 2 is 2.27 bits per heavy atom. The molecule has 1 fully saturated rings. The zero-order chi connectivity index (χ0) is 10.8. The van der Waals surface area contributed by atoms with Gasteiger partial charge in [-0.25, -0.2) is 4.98 Å². The van der Waals surface area contributed by atoms with Crippen LogP contribution in [0.4, 0.5) is 5.69 Å². The zero-order valence-corrected chi connectivity index (χ0v) is 8.79. The van der Waals surface area contributed by atoms with Gasteiger partial charge in [-0.15, -0.1) is 0 Å². The number of nitrogens with one attached hydrogen (secondary N) is 1. The van der Waals surface area contributed by atoms with Crippen molar-refractivity contribution in [1.82, 2.24) is 4.98 Å². The molecule has 3 N–H and O–H groups in total. The van der Waals surface area contributed by atoms with Crippen LogP contribution in [-0.4, -0.2) is 17.9 Å². The molecule has 0 bridgehead atoms. The normalized spacial score (nSPS) is 15.8. The predicted octanol–water partition coefficient (Wildman–Crippen LogP) is 1.49. The van der Waals surface area contributed by atoms with Crippen LogP contribution >= 0.6 is 0 Å². The fourth-order valence-corrected chi connectivity index (χ4v) is 1.80. The first-order chi connectivity index (χ1) is 7.22. The Labute approximate surface area is 88.9 Å². The topological polar surface area (TPSA) is 68.0 Å². The van der Waals surface area contributed by atoms with Crippen LogP contribution in [-0.2, 0) is 0 Å². The number of hydrogen-bond acceptors (Lipinski definition) is 3. The van der Waals surface area contributed by atoms with E-state index >= 15 is 0 Å². The molecule has 2 rings (SSSR count). The molecular weight excluding hydrogens is 190 g/mol. The standard InChI is InChI=1S/C11H15N3O/c1-13-9-6-5-8(7-3-2-4-7)14-10(9)11(12)15/h5-7,13H,2-4H2,1H3,(H2,12,15). The number of nitrogens with two attached hydrogens (primary N) is 1. The summed E-state index contributed by atoms with van der Waals surface area (Å²) in [6, 6.07) is 3.85. The Morgan fingerprint density at radius 3 is 2.73 bits per heavy atom. The van der Waals surface area contributed by atoms with Crippen LogP contribution in [0, 0.1) is 0 Å². The third kappa shape index (κ3) is 1.79. The minimum Gasteiger partial charge on any atom is -0.386 e. The van der Waals surface area contributed by atoms with Crippen molar-refractivity contribution in [2.24, 2.45) is 5.73 Å². The number of pyridine rings is 1. The highest BCUT2D eigenvalue weighted by atomic mass is 16.1. The van der Waals surface area contributed by atoms with Gasteiger partial charge in [-0.1, -0.05) is 6.42 Å². The lowest BCUT2D eigenvalue weighted by Crippen LogP contribution is -2.18. The maximum Gasteiger partial charge on any atom is 0.269 e. The Morgan fingerprint density at radius 1 is 1.53 bits per heavy atom. The number of primary amides is 1. The highest BCUT2D eigenvalue weighted by molar-refractivity contribution is 5.96. The van der Waals surface area contributed by atoms with Gasteiger partial charge in [0.05, 0.1) is 5.69 Å². The molecule has 0 aliphatic heterocycles. The first-order valence-electron chi connectivity index (χ1n) is 5.21. The van der Waals surface area contributed by atoms with E-state index in [1.807, 2.05) is 12.1 Å².